The summed E-state index contributed by atoms with van der Waals surface area (Å²) in [6.07, 6.45) is 7.78. The fourth-order valence-corrected chi connectivity index (χ4v) is 4.81. The van der Waals surface area contributed by atoms with Crippen LogP contribution in [0, 0.1) is 0 Å². The van der Waals surface area contributed by atoms with Crippen molar-refractivity contribution < 1.29 is 9.59 Å². The molecule has 5 N–H and O–H groups in total. The van der Waals surface area contributed by atoms with E-state index in [-0.39, 0.29) is 0 Å². The van der Waals surface area contributed by atoms with E-state index in [1.54, 1.807) is 0 Å². The van der Waals surface area contributed by atoms with E-state index < -0.39 is 11.9 Å². The number of carbonyl (C=O) groups excluding carboxylic acids is 2. The summed E-state index contributed by atoms with van der Waals surface area (Å²) < 4.78 is 1.96. The van der Waals surface area contributed by atoms with Crippen LogP contribution in [-0.4, -0.2) is 46.3 Å². The van der Waals surface area contributed by atoms with E-state index in [1.807, 2.05) is 10.9 Å². The van der Waals surface area contributed by atoms with Gasteiger partial charge in [-0.3, -0.25) is 19.7 Å². The number of urea groups is 1. The monoisotopic (exact) mass is 372 g/mol. The maximum absolute atomic E-state index is 11.9. The molecule has 8 nitrogen and oxygen atoms in total. The van der Waals surface area contributed by atoms with Crippen LogP contribution >= 0.6 is 11.3 Å². The van der Waals surface area contributed by atoms with E-state index in [1.165, 1.54) is 11.3 Å². The standard InChI is InChI=1S/C17H20N6O2S/c18-15(24)13-10-3-4-12-11(14(10)26-16(13)20-17(19)25)9-23(21-12)8-7-22-5-1-2-6-22/h1-2,9H,3-8H2,(H2,18,24)(H3,19,20,25). The lowest BCUT2D eigenvalue weighted by Crippen LogP contribution is -2.24. The number of hydrogen-bond acceptors (Lipinski definition) is 5. The average molecular weight is 372 g/mol. The Bertz CT molecular complexity index is 905. The summed E-state index contributed by atoms with van der Waals surface area (Å²) in [7, 11) is 0. The van der Waals surface area contributed by atoms with Gasteiger partial charge in [0, 0.05) is 36.3 Å². The van der Waals surface area contributed by atoms with Crippen molar-refractivity contribution in [1.29, 1.82) is 0 Å². The second kappa shape index (κ2) is 6.58. The first-order valence-electron chi connectivity index (χ1n) is 8.49. The van der Waals surface area contributed by atoms with Gasteiger partial charge in [0.2, 0.25) is 0 Å². The zero-order valence-corrected chi connectivity index (χ0v) is 15.0. The number of nitrogens with one attached hydrogen (secondary N) is 1. The highest BCUT2D eigenvalue weighted by Crippen LogP contribution is 2.44. The molecule has 0 spiro atoms. The summed E-state index contributed by atoms with van der Waals surface area (Å²) >= 11 is 1.33. The zero-order valence-electron chi connectivity index (χ0n) is 14.2. The van der Waals surface area contributed by atoms with Gasteiger partial charge in [0.15, 0.2) is 0 Å². The quantitative estimate of drug-likeness (QED) is 0.683. The number of amides is 3. The number of aryl methyl sites for hydroxylation is 1. The van der Waals surface area contributed by atoms with Crippen LogP contribution in [-0.2, 0) is 19.4 Å². The van der Waals surface area contributed by atoms with Crippen molar-refractivity contribution in [2.24, 2.45) is 11.5 Å². The molecule has 2 aromatic heterocycles. The molecule has 3 heterocycles. The van der Waals surface area contributed by atoms with E-state index in [2.05, 4.69) is 22.4 Å². The second-order valence-electron chi connectivity index (χ2n) is 6.45. The number of thiophene rings is 1. The third-order valence-electron chi connectivity index (χ3n) is 4.72. The SMILES string of the molecule is NC(=O)Nc1sc2c(c1C(N)=O)CCc1nn(CCN3CC=CC3)cc1-2. The fraction of sp³-hybridized carbons (Fsp3) is 0.353. The van der Waals surface area contributed by atoms with Gasteiger partial charge in [0.25, 0.3) is 5.91 Å². The molecule has 0 aromatic carbocycles. The molecule has 4 rings (SSSR count). The van der Waals surface area contributed by atoms with E-state index >= 15 is 0 Å². The molecule has 0 saturated heterocycles. The molecular weight excluding hydrogens is 352 g/mol. The van der Waals surface area contributed by atoms with Crippen LogP contribution in [0.3, 0.4) is 0 Å². The van der Waals surface area contributed by atoms with Crippen molar-refractivity contribution in [3.8, 4) is 10.4 Å². The topological polar surface area (TPSA) is 119 Å². The Morgan fingerprint density at radius 1 is 1.19 bits per heavy atom. The molecule has 0 atom stereocenters. The first-order chi connectivity index (χ1) is 12.5. The molecule has 9 heteroatoms. The predicted molar refractivity (Wildman–Crippen MR) is 100 cm³/mol. The number of carbonyl (C=O) groups is 2. The van der Waals surface area contributed by atoms with Gasteiger partial charge in [-0.25, -0.2) is 4.79 Å². The van der Waals surface area contributed by atoms with Crippen LogP contribution in [0.4, 0.5) is 9.80 Å². The summed E-state index contributed by atoms with van der Waals surface area (Å²) in [5.74, 6) is -0.552. The van der Waals surface area contributed by atoms with Crippen molar-refractivity contribution in [2.45, 2.75) is 19.4 Å². The van der Waals surface area contributed by atoms with Crippen molar-refractivity contribution >= 4 is 28.3 Å². The van der Waals surface area contributed by atoms with Gasteiger partial charge >= 0.3 is 6.03 Å². The molecule has 1 aliphatic heterocycles. The first kappa shape index (κ1) is 16.8. The molecule has 1 aliphatic carbocycles. The number of rotatable bonds is 5. The Kier molecular flexibility index (Phi) is 4.25. The van der Waals surface area contributed by atoms with Crippen LogP contribution < -0.4 is 16.8 Å². The van der Waals surface area contributed by atoms with Crippen molar-refractivity contribution in [2.75, 3.05) is 25.0 Å². The summed E-state index contributed by atoms with van der Waals surface area (Å²) in [6, 6.07) is -0.707. The second-order valence-corrected chi connectivity index (χ2v) is 7.47. The number of aromatic nitrogens is 2. The molecule has 0 radical (unpaired) electrons. The average Bonchev–Trinajstić information content (AvgIpc) is 3.29. The normalized spacial score (nSPS) is 15.7. The van der Waals surface area contributed by atoms with Crippen molar-refractivity contribution in [3.63, 3.8) is 0 Å². The lowest BCUT2D eigenvalue weighted by Gasteiger charge is -2.13. The summed E-state index contributed by atoms with van der Waals surface area (Å²) in [5, 5.41) is 7.65. The van der Waals surface area contributed by atoms with Crippen LogP contribution in [0.25, 0.3) is 10.4 Å². The minimum Gasteiger partial charge on any atom is -0.365 e. The van der Waals surface area contributed by atoms with Gasteiger partial charge in [-0.2, -0.15) is 5.10 Å². The summed E-state index contributed by atoms with van der Waals surface area (Å²) in [5.41, 5.74) is 14.0. The van der Waals surface area contributed by atoms with Gasteiger partial charge in [-0.1, -0.05) is 12.2 Å². The Hall–Kier alpha value is -2.65. The molecule has 0 bridgehead atoms. The Balaban J connectivity index is 1.63. The van der Waals surface area contributed by atoms with Gasteiger partial charge in [0.05, 0.1) is 17.8 Å². The number of nitrogens with two attached hydrogens (primary N) is 2. The number of fused-ring (bicyclic) bond motifs is 3. The Morgan fingerprint density at radius 3 is 2.65 bits per heavy atom. The molecule has 26 heavy (non-hydrogen) atoms. The smallest absolute Gasteiger partial charge is 0.317 e. The van der Waals surface area contributed by atoms with E-state index in [0.717, 1.165) is 54.3 Å². The van der Waals surface area contributed by atoms with Crippen LogP contribution in [0.15, 0.2) is 18.3 Å². The Labute approximate surface area is 154 Å². The third kappa shape index (κ3) is 2.99. The van der Waals surface area contributed by atoms with Gasteiger partial charge < -0.3 is 11.5 Å². The highest BCUT2D eigenvalue weighted by molar-refractivity contribution is 7.20. The Morgan fingerprint density at radius 2 is 1.96 bits per heavy atom. The van der Waals surface area contributed by atoms with Crippen LogP contribution in [0.5, 0.6) is 0 Å². The summed E-state index contributed by atoms with van der Waals surface area (Å²) in [6.45, 7) is 3.72. The van der Waals surface area contributed by atoms with Gasteiger partial charge in [-0.15, -0.1) is 11.3 Å². The lowest BCUT2D eigenvalue weighted by atomic mass is 9.94. The highest BCUT2D eigenvalue weighted by Gasteiger charge is 2.29. The van der Waals surface area contributed by atoms with Crippen LogP contribution in [0.1, 0.15) is 21.6 Å². The number of anilines is 1. The fourth-order valence-electron chi connectivity index (χ4n) is 3.52. The largest absolute Gasteiger partial charge is 0.365 e. The van der Waals surface area contributed by atoms with Crippen LogP contribution in [0.2, 0.25) is 0 Å². The number of primary amides is 2. The van der Waals surface area contributed by atoms with E-state index in [0.29, 0.717) is 17.0 Å². The minimum atomic E-state index is -0.707. The molecule has 0 saturated carbocycles. The lowest BCUT2D eigenvalue weighted by molar-refractivity contribution is 0.100. The van der Waals surface area contributed by atoms with Gasteiger partial charge in [-0.05, 0) is 18.4 Å². The molecular formula is C17H20N6O2S. The maximum Gasteiger partial charge on any atom is 0.317 e. The third-order valence-corrected chi connectivity index (χ3v) is 5.90. The zero-order chi connectivity index (χ0) is 18.3. The molecule has 0 unspecified atom stereocenters. The van der Waals surface area contributed by atoms with Crippen molar-refractivity contribution in [1.82, 2.24) is 14.7 Å². The molecule has 0 fully saturated rings. The van der Waals surface area contributed by atoms with Gasteiger partial charge in [0.1, 0.15) is 5.00 Å². The number of nitrogens with zero attached hydrogens (tertiary/aromatic N) is 3. The highest BCUT2D eigenvalue weighted by atomic mass is 32.1. The van der Waals surface area contributed by atoms with E-state index in [9.17, 15) is 9.59 Å². The molecule has 136 valence electrons. The molecule has 3 amide bonds. The first-order valence-corrected chi connectivity index (χ1v) is 9.30. The number of hydrogen-bond donors (Lipinski definition) is 3. The summed E-state index contributed by atoms with van der Waals surface area (Å²) in [4.78, 5) is 26.5. The molecule has 2 aliphatic rings. The van der Waals surface area contributed by atoms with Crippen molar-refractivity contribution in [3.05, 3.63) is 35.2 Å². The maximum atomic E-state index is 11.9. The molecule has 2 aromatic rings. The van der Waals surface area contributed by atoms with E-state index in [4.69, 9.17) is 16.6 Å². The minimum absolute atomic E-state index is 0.366. The predicted octanol–water partition coefficient (Wildman–Crippen LogP) is 1.17.